The zero-order chi connectivity index (χ0) is 71.8. The van der Waals surface area contributed by atoms with Crippen LogP contribution in [0.5, 0.6) is 0 Å². The van der Waals surface area contributed by atoms with Gasteiger partial charge in [0.15, 0.2) is 12.2 Å². The van der Waals surface area contributed by atoms with E-state index in [0.29, 0.717) is 25.7 Å². The zero-order valence-electron chi connectivity index (χ0n) is 62.5. The summed E-state index contributed by atoms with van der Waals surface area (Å²) < 4.78 is 68.5. The zero-order valence-corrected chi connectivity index (χ0v) is 64.3. The topological polar surface area (TPSA) is 237 Å². The Kier molecular flexibility index (Phi) is 69.7. The Morgan fingerprint density at radius 3 is 0.796 bits per heavy atom. The van der Waals surface area contributed by atoms with Gasteiger partial charge in [-0.1, -0.05) is 281 Å². The number of unbranched alkanes of at least 4 members (excludes halogenated alkanes) is 39. The van der Waals surface area contributed by atoms with Crippen LogP contribution in [0.3, 0.4) is 0 Å². The van der Waals surface area contributed by atoms with Crippen LogP contribution in [0.2, 0.25) is 0 Å². The van der Waals surface area contributed by atoms with Gasteiger partial charge in [-0.3, -0.25) is 37.3 Å². The molecule has 0 spiro atoms. The van der Waals surface area contributed by atoms with E-state index in [2.05, 4.69) is 88.5 Å². The Morgan fingerprint density at radius 1 is 0.286 bits per heavy atom. The van der Waals surface area contributed by atoms with Gasteiger partial charge in [0.25, 0.3) is 0 Å². The molecule has 0 aliphatic rings. The van der Waals surface area contributed by atoms with E-state index < -0.39 is 97.5 Å². The van der Waals surface area contributed by atoms with Crippen molar-refractivity contribution < 1.29 is 80.2 Å². The van der Waals surface area contributed by atoms with Crippen molar-refractivity contribution >= 4 is 39.5 Å². The molecule has 0 radical (unpaired) electrons. The van der Waals surface area contributed by atoms with E-state index in [-0.39, 0.29) is 25.7 Å². The third-order valence-electron chi connectivity index (χ3n) is 17.0. The van der Waals surface area contributed by atoms with Gasteiger partial charge in [-0.25, -0.2) is 9.13 Å². The Hall–Kier alpha value is -3.24. The van der Waals surface area contributed by atoms with Crippen LogP contribution in [-0.4, -0.2) is 96.7 Å². The smallest absolute Gasteiger partial charge is 0.462 e. The third kappa shape index (κ3) is 71.2. The molecule has 19 heteroatoms. The minimum absolute atomic E-state index is 0.0794. The fraction of sp³-hybridized carbons (Fsp3) is 0.823. The SMILES string of the molecule is CCCCC/C=C\C/C=C\CCCCCCCC(=O)OC[C@H](COP(=O)(O)OC[C@@H](O)COP(=O)(O)OC[C@@H](COC(=O)CCCCCCCCC/C=C\CCCCCC)OC(=O)CCCCCCCCCCCCCCC)OC(=O)CCCCCCC/C=C\C/C=C\CCCCC. The Bertz CT molecular complexity index is 2100. The molecule has 5 atom stereocenters. The van der Waals surface area contributed by atoms with Crippen molar-refractivity contribution in [3.63, 3.8) is 0 Å². The van der Waals surface area contributed by atoms with Crippen LogP contribution in [0.4, 0.5) is 0 Å². The number of phosphoric ester groups is 2. The van der Waals surface area contributed by atoms with Gasteiger partial charge in [-0.2, -0.15) is 0 Å². The molecule has 0 bridgehead atoms. The van der Waals surface area contributed by atoms with Crippen molar-refractivity contribution in [2.75, 3.05) is 39.6 Å². The number of ether oxygens (including phenoxy) is 4. The molecule has 2 unspecified atom stereocenters. The molecule has 0 amide bonds. The van der Waals surface area contributed by atoms with Gasteiger partial charge in [0.2, 0.25) is 0 Å². The average molecular weight is 1430 g/mol. The van der Waals surface area contributed by atoms with Crippen LogP contribution >= 0.6 is 15.6 Å². The average Bonchev–Trinajstić information content (AvgIpc) is 1.04. The predicted molar refractivity (Wildman–Crippen MR) is 400 cm³/mol. The molecule has 3 N–H and O–H groups in total. The number of hydrogen-bond acceptors (Lipinski definition) is 15. The lowest BCUT2D eigenvalue weighted by molar-refractivity contribution is -0.161. The number of carbonyl (C=O) groups excluding carboxylic acids is 4. The van der Waals surface area contributed by atoms with Crippen LogP contribution in [0.15, 0.2) is 60.8 Å². The summed E-state index contributed by atoms with van der Waals surface area (Å²) in [5.74, 6) is -2.18. The van der Waals surface area contributed by atoms with Gasteiger partial charge in [0, 0.05) is 25.7 Å². The summed E-state index contributed by atoms with van der Waals surface area (Å²) in [6.07, 6.45) is 70.5. The van der Waals surface area contributed by atoms with Crippen LogP contribution in [-0.2, 0) is 65.4 Å². The van der Waals surface area contributed by atoms with Crippen LogP contribution < -0.4 is 0 Å². The minimum Gasteiger partial charge on any atom is -0.462 e. The number of phosphoric acid groups is 2. The molecule has 0 fully saturated rings. The number of rotatable bonds is 75. The minimum atomic E-state index is -4.97. The lowest BCUT2D eigenvalue weighted by Crippen LogP contribution is -2.30. The maximum atomic E-state index is 13.1. The summed E-state index contributed by atoms with van der Waals surface area (Å²) in [7, 11) is -9.94. The monoisotopic (exact) mass is 1430 g/mol. The van der Waals surface area contributed by atoms with Crippen molar-refractivity contribution in [1.29, 1.82) is 0 Å². The largest absolute Gasteiger partial charge is 0.472 e. The van der Waals surface area contributed by atoms with Crippen LogP contribution in [0.25, 0.3) is 0 Å². The quantitative estimate of drug-likeness (QED) is 0.0169. The van der Waals surface area contributed by atoms with Crippen molar-refractivity contribution in [2.45, 2.75) is 380 Å². The molecule has 98 heavy (non-hydrogen) atoms. The molecular weight excluding hydrogens is 1280 g/mol. The van der Waals surface area contributed by atoms with Crippen LogP contribution in [0, 0.1) is 0 Å². The number of hydrogen-bond donors (Lipinski definition) is 3. The van der Waals surface area contributed by atoms with E-state index in [1.54, 1.807) is 0 Å². The molecule has 0 aromatic carbocycles. The first-order valence-corrected chi connectivity index (χ1v) is 42.5. The van der Waals surface area contributed by atoms with E-state index in [1.807, 2.05) is 0 Å². The lowest BCUT2D eigenvalue weighted by Gasteiger charge is -2.21. The van der Waals surface area contributed by atoms with Crippen molar-refractivity contribution in [2.24, 2.45) is 0 Å². The molecule has 0 saturated heterocycles. The van der Waals surface area contributed by atoms with E-state index in [1.165, 1.54) is 128 Å². The Labute approximate surface area is 597 Å². The Morgan fingerprint density at radius 2 is 0.500 bits per heavy atom. The van der Waals surface area contributed by atoms with E-state index in [4.69, 9.17) is 37.0 Å². The maximum Gasteiger partial charge on any atom is 0.472 e. The number of carbonyl (C=O) groups is 4. The van der Waals surface area contributed by atoms with E-state index in [0.717, 1.165) is 154 Å². The van der Waals surface area contributed by atoms with Gasteiger partial charge in [0.1, 0.15) is 19.3 Å². The Balaban J connectivity index is 5.34. The summed E-state index contributed by atoms with van der Waals surface area (Å²) in [6, 6.07) is 0. The van der Waals surface area contributed by atoms with E-state index in [9.17, 15) is 43.2 Å². The predicted octanol–water partition coefficient (Wildman–Crippen LogP) is 22.7. The highest BCUT2D eigenvalue weighted by Crippen LogP contribution is 2.45. The molecule has 572 valence electrons. The highest BCUT2D eigenvalue weighted by molar-refractivity contribution is 7.47. The first-order chi connectivity index (χ1) is 47.7. The fourth-order valence-corrected chi connectivity index (χ4v) is 12.4. The number of esters is 4. The van der Waals surface area contributed by atoms with E-state index >= 15 is 0 Å². The standard InChI is InChI=1S/C79H144O17P2/c1-5-9-13-17-21-25-29-33-36-40-43-47-51-55-59-63-76(81)89-69-74(95-78(83)65-61-57-53-49-45-39-32-28-24-20-16-12-8-4)71-93-97(85,86)91-67-73(80)68-92-98(87,88)94-72-75(96-79(84)66-62-58-54-50-46-42-38-35-31-27-23-19-15-11-7-3)70-90-77(82)64-60-56-52-48-44-41-37-34-30-26-22-18-14-10-6-2/h22-23,25-27,29,34-35,37-38,73-75,80H,5-21,24,28,30-33,36,39-72H2,1-4H3,(H,85,86)(H,87,88)/b26-22-,27-23-,29-25-,37-34-,38-35-/t73-,74+,75+/m0/s1. The molecule has 0 aliphatic carbocycles. The summed E-state index contributed by atoms with van der Waals surface area (Å²) in [4.78, 5) is 72.9. The fourth-order valence-electron chi connectivity index (χ4n) is 10.9. The summed E-state index contributed by atoms with van der Waals surface area (Å²) in [5.41, 5.74) is 0. The number of aliphatic hydroxyl groups is 1. The second-order valence-corrected chi connectivity index (χ2v) is 29.6. The third-order valence-corrected chi connectivity index (χ3v) is 18.9. The molecule has 0 aromatic rings. The lowest BCUT2D eigenvalue weighted by atomic mass is 10.0. The second kappa shape index (κ2) is 72.1. The molecule has 0 aromatic heterocycles. The van der Waals surface area contributed by atoms with Gasteiger partial charge < -0.3 is 33.8 Å². The van der Waals surface area contributed by atoms with Gasteiger partial charge in [-0.05, 0) is 116 Å². The second-order valence-electron chi connectivity index (χ2n) is 26.7. The van der Waals surface area contributed by atoms with Crippen molar-refractivity contribution in [3.05, 3.63) is 60.8 Å². The maximum absolute atomic E-state index is 13.1. The highest BCUT2D eigenvalue weighted by atomic mass is 31.2. The summed E-state index contributed by atoms with van der Waals surface area (Å²) in [6.45, 7) is 4.84. The van der Waals surface area contributed by atoms with Crippen molar-refractivity contribution in [3.8, 4) is 0 Å². The van der Waals surface area contributed by atoms with Gasteiger partial charge >= 0.3 is 39.5 Å². The number of aliphatic hydroxyl groups excluding tert-OH is 1. The molecular formula is C79H144O17P2. The highest BCUT2D eigenvalue weighted by Gasteiger charge is 2.30. The van der Waals surface area contributed by atoms with Gasteiger partial charge in [-0.15, -0.1) is 0 Å². The number of allylic oxidation sites excluding steroid dienone is 10. The normalized spacial score (nSPS) is 14.2. The molecule has 0 heterocycles. The van der Waals surface area contributed by atoms with Crippen LogP contribution in [0.1, 0.15) is 362 Å². The molecule has 0 saturated carbocycles. The molecule has 0 aliphatic heterocycles. The molecule has 17 nitrogen and oxygen atoms in total. The van der Waals surface area contributed by atoms with Gasteiger partial charge in [0.05, 0.1) is 26.4 Å². The molecule has 0 rings (SSSR count). The summed E-state index contributed by atoms with van der Waals surface area (Å²) in [5, 5.41) is 10.6. The summed E-state index contributed by atoms with van der Waals surface area (Å²) >= 11 is 0. The first kappa shape index (κ1) is 94.8. The van der Waals surface area contributed by atoms with Crippen molar-refractivity contribution in [1.82, 2.24) is 0 Å². The first-order valence-electron chi connectivity index (χ1n) is 39.5.